The lowest BCUT2D eigenvalue weighted by Crippen LogP contribution is -2.58. The van der Waals surface area contributed by atoms with Crippen molar-refractivity contribution in [2.75, 3.05) is 14.2 Å². The number of hydrogen-bond acceptors (Lipinski definition) is 3. The van der Waals surface area contributed by atoms with Crippen LogP contribution in [0.1, 0.15) is 57.9 Å². The number of carbonyl (C=O) groups is 2. The van der Waals surface area contributed by atoms with Gasteiger partial charge in [-0.2, -0.15) is 0 Å². The molecule has 0 spiro atoms. The Kier molecular flexibility index (Phi) is 5.82. The van der Waals surface area contributed by atoms with E-state index in [-0.39, 0.29) is 23.1 Å². The molecule has 4 aliphatic rings. The van der Waals surface area contributed by atoms with Crippen molar-refractivity contribution in [1.29, 1.82) is 0 Å². The number of amides is 2. The number of nitrogens with zero attached hydrogens (tertiary/aromatic N) is 1. The number of benzene rings is 1. The molecule has 5 heteroatoms. The maximum absolute atomic E-state index is 13.5. The number of rotatable bonds is 7. The SMILES string of the molecule is COc1ccc(CN(C)C(=O)[C@H](NC(=O)C23CC4CC(CC(C4)C2)C3)C(C)C)cc1. The van der Waals surface area contributed by atoms with Crippen LogP contribution in [-0.2, 0) is 16.1 Å². The van der Waals surface area contributed by atoms with Gasteiger partial charge >= 0.3 is 0 Å². The summed E-state index contributed by atoms with van der Waals surface area (Å²) >= 11 is 0. The zero-order valence-electron chi connectivity index (χ0n) is 18.8. The van der Waals surface area contributed by atoms with Gasteiger partial charge in [0.25, 0.3) is 0 Å². The maximum atomic E-state index is 13.5. The molecule has 2 amide bonds. The molecule has 4 saturated carbocycles. The van der Waals surface area contributed by atoms with E-state index >= 15 is 0 Å². The summed E-state index contributed by atoms with van der Waals surface area (Å²) in [7, 11) is 3.46. The molecule has 30 heavy (non-hydrogen) atoms. The molecule has 4 bridgehead atoms. The molecule has 4 fully saturated rings. The molecule has 0 aromatic heterocycles. The molecule has 1 aromatic carbocycles. The fourth-order valence-corrected chi connectivity index (χ4v) is 6.52. The Morgan fingerprint density at radius 3 is 2.07 bits per heavy atom. The second-order valence-corrected chi connectivity index (χ2v) is 10.4. The first-order valence-electron chi connectivity index (χ1n) is 11.5. The van der Waals surface area contributed by atoms with Crippen molar-refractivity contribution in [3.8, 4) is 5.75 Å². The minimum Gasteiger partial charge on any atom is -0.497 e. The van der Waals surface area contributed by atoms with E-state index in [4.69, 9.17) is 4.74 Å². The molecule has 5 nitrogen and oxygen atoms in total. The van der Waals surface area contributed by atoms with Crippen LogP contribution in [0.5, 0.6) is 5.75 Å². The van der Waals surface area contributed by atoms with E-state index in [0.29, 0.717) is 24.3 Å². The number of ether oxygens (including phenoxy) is 1. The first-order chi connectivity index (χ1) is 14.3. The number of carbonyl (C=O) groups excluding carboxylic acids is 2. The van der Waals surface area contributed by atoms with Crippen molar-refractivity contribution < 1.29 is 14.3 Å². The number of hydrogen-bond donors (Lipinski definition) is 1. The third-order valence-corrected chi connectivity index (χ3v) is 7.69. The van der Waals surface area contributed by atoms with E-state index in [1.54, 1.807) is 12.0 Å². The molecule has 0 radical (unpaired) electrons. The van der Waals surface area contributed by atoms with Gasteiger partial charge in [0.05, 0.1) is 7.11 Å². The van der Waals surface area contributed by atoms with Crippen molar-refractivity contribution in [3.63, 3.8) is 0 Å². The molecular formula is C25H36N2O3. The Hall–Kier alpha value is -2.04. The van der Waals surface area contributed by atoms with Gasteiger partial charge in [-0.25, -0.2) is 0 Å². The number of methoxy groups -OCH3 is 1. The van der Waals surface area contributed by atoms with E-state index < -0.39 is 6.04 Å². The van der Waals surface area contributed by atoms with Crippen LogP contribution in [0, 0.1) is 29.1 Å². The smallest absolute Gasteiger partial charge is 0.245 e. The molecule has 1 N–H and O–H groups in total. The second kappa shape index (κ2) is 8.24. The van der Waals surface area contributed by atoms with Gasteiger partial charge in [0.2, 0.25) is 11.8 Å². The van der Waals surface area contributed by atoms with E-state index in [0.717, 1.165) is 30.6 Å². The molecular weight excluding hydrogens is 376 g/mol. The topological polar surface area (TPSA) is 58.6 Å². The van der Waals surface area contributed by atoms with Crippen LogP contribution in [0.4, 0.5) is 0 Å². The monoisotopic (exact) mass is 412 g/mol. The van der Waals surface area contributed by atoms with Crippen molar-refractivity contribution in [2.45, 2.75) is 65.0 Å². The summed E-state index contributed by atoms with van der Waals surface area (Å²) in [5.74, 6) is 3.11. The molecule has 0 unspecified atom stereocenters. The zero-order chi connectivity index (χ0) is 21.5. The maximum Gasteiger partial charge on any atom is 0.245 e. The Morgan fingerprint density at radius 1 is 1.07 bits per heavy atom. The van der Waals surface area contributed by atoms with Crippen molar-refractivity contribution in [2.24, 2.45) is 29.1 Å². The highest BCUT2D eigenvalue weighted by molar-refractivity contribution is 5.90. The molecule has 1 aromatic rings. The first-order valence-corrected chi connectivity index (χ1v) is 11.5. The van der Waals surface area contributed by atoms with Crippen LogP contribution < -0.4 is 10.1 Å². The summed E-state index contributed by atoms with van der Waals surface area (Å²) in [6.45, 7) is 4.55. The summed E-state index contributed by atoms with van der Waals surface area (Å²) in [4.78, 5) is 28.5. The molecule has 5 rings (SSSR count). The minimum atomic E-state index is -0.478. The zero-order valence-corrected chi connectivity index (χ0v) is 18.8. The number of likely N-dealkylation sites (N-methyl/N-ethyl adjacent to an activating group) is 1. The summed E-state index contributed by atoms with van der Waals surface area (Å²) in [6, 6.07) is 7.28. The Bertz CT molecular complexity index is 751. The van der Waals surface area contributed by atoms with Crippen LogP contribution in [0.2, 0.25) is 0 Å². The van der Waals surface area contributed by atoms with Crippen LogP contribution >= 0.6 is 0 Å². The molecule has 164 valence electrons. The van der Waals surface area contributed by atoms with E-state index in [1.165, 1.54) is 19.3 Å². The van der Waals surface area contributed by atoms with Crippen LogP contribution in [0.3, 0.4) is 0 Å². The quantitative estimate of drug-likeness (QED) is 0.736. The van der Waals surface area contributed by atoms with Crippen molar-refractivity contribution in [1.82, 2.24) is 10.2 Å². The Morgan fingerprint density at radius 2 is 1.60 bits per heavy atom. The van der Waals surface area contributed by atoms with Gasteiger partial charge in [-0.15, -0.1) is 0 Å². The highest BCUT2D eigenvalue weighted by Gasteiger charge is 2.55. The molecule has 0 aliphatic heterocycles. The average molecular weight is 413 g/mol. The average Bonchev–Trinajstić information content (AvgIpc) is 2.70. The fourth-order valence-electron chi connectivity index (χ4n) is 6.52. The highest BCUT2D eigenvalue weighted by Crippen LogP contribution is 2.60. The molecule has 0 heterocycles. The lowest BCUT2D eigenvalue weighted by atomic mass is 9.49. The summed E-state index contributed by atoms with van der Waals surface area (Å²) in [5.41, 5.74) is 0.818. The second-order valence-electron chi connectivity index (χ2n) is 10.4. The largest absolute Gasteiger partial charge is 0.497 e. The predicted molar refractivity (Wildman–Crippen MR) is 117 cm³/mol. The molecule has 4 aliphatic carbocycles. The van der Waals surface area contributed by atoms with Gasteiger partial charge in [-0.1, -0.05) is 26.0 Å². The summed E-state index contributed by atoms with van der Waals surface area (Å²) in [6.07, 6.45) is 6.99. The lowest BCUT2D eigenvalue weighted by molar-refractivity contribution is -0.150. The van der Waals surface area contributed by atoms with E-state index in [9.17, 15) is 9.59 Å². The van der Waals surface area contributed by atoms with Crippen LogP contribution in [-0.4, -0.2) is 36.9 Å². The van der Waals surface area contributed by atoms with Gasteiger partial charge in [0.1, 0.15) is 11.8 Å². The van der Waals surface area contributed by atoms with Crippen molar-refractivity contribution >= 4 is 11.8 Å². The third kappa shape index (κ3) is 4.08. The molecule has 0 saturated heterocycles. The van der Waals surface area contributed by atoms with Gasteiger partial charge in [-0.05, 0) is 79.9 Å². The van der Waals surface area contributed by atoms with Crippen LogP contribution in [0.25, 0.3) is 0 Å². The fraction of sp³-hybridized carbons (Fsp3) is 0.680. The summed E-state index contributed by atoms with van der Waals surface area (Å²) < 4.78 is 5.21. The minimum absolute atomic E-state index is 0.0149. The van der Waals surface area contributed by atoms with E-state index in [1.807, 2.05) is 45.2 Å². The first kappa shape index (κ1) is 21.2. The number of nitrogens with one attached hydrogen (secondary N) is 1. The van der Waals surface area contributed by atoms with E-state index in [2.05, 4.69) is 5.32 Å². The lowest BCUT2D eigenvalue weighted by Gasteiger charge is -2.56. The Labute approximate surface area is 180 Å². The van der Waals surface area contributed by atoms with Crippen LogP contribution in [0.15, 0.2) is 24.3 Å². The van der Waals surface area contributed by atoms with Gasteiger partial charge in [0.15, 0.2) is 0 Å². The summed E-state index contributed by atoms with van der Waals surface area (Å²) in [5, 5.41) is 3.21. The highest BCUT2D eigenvalue weighted by atomic mass is 16.5. The van der Waals surface area contributed by atoms with Gasteiger partial charge in [-0.3, -0.25) is 9.59 Å². The third-order valence-electron chi connectivity index (χ3n) is 7.69. The predicted octanol–water partition coefficient (Wildman–Crippen LogP) is 4.01. The standard InChI is InChI=1S/C25H36N2O3/c1-16(2)22(23(28)27(3)15-17-5-7-21(30-4)8-6-17)26-24(29)25-12-18-9-19(13-25)11-20(10-18)14-25/h5-8,16,18-20,22H,9-15H2,1-4H3,(H,26,29)/t18?,19?,20?,22-,25?/m1/s1. The normalized spacial score (nSPS) is 30.2. The Balaban J connectivity index is 1.42. The van der Waals surface area contributed by atoms with Gasteiger partial charge in [0, 0.05) is 19.0 Å². The van der Waals surface area contributed by atoms with Gasteiger partial charge < -0.3 is 15.0 Å². The van der Waals surface area contributed by atoms with Crippen molar-refractivity contribution in [3.05, 3.63) is 29.8 Å². The molecule has 1 atom stereocenters.